The van der Waals surface area contributed by atoms with Gasteiger partial charge in [0.25, 0.3) is 0 Å². The van der Waals surface area contributed by atoms with Gasteiger partial charge in [-0.05, 0) is 32.0 Å². The van der Waals surface area contributed by atoms with E-state index in [9.17, 15) is 4.79 Å². The lowest BCUT2D eigenvalue weighted by Crippen LogP contribution is -2.47. The van der Waals surface area contributed by atoms with Crippen molar-refractivity contribution in [3.63, 3.8) is 0 Å². The van der Waals surface area contributed by atoms with E-state index in [0.29, 0.717) is 12.5 Å². The molecule has 1 N–H and O–H groups in total. The summed E-state index contributed by atoms with van der Waals surface area (Å²) in [7, 11) is 3.80. The number of nitrogens with one attached hydrogen (secondary N) is 1. The Bertz CT molecular complexity index is 507. The summed E-state index contributed by atoms with van der Waals surface area (Å²) in [5.74, 6) is 1.20. The minimum atomic E-state index is 0. The maximum atomic E-state index is 12.2. The molecule has 2 rings (SSSR count). The number of hydrogen-bond acceptors (Lipinski definition) is 4. The summed E-state index contributed by atoms with van der Waals surface area (Å²) in [4.78, 5) is 16.5. The van der Waals surface area contributed by atoms with Crippen LogP contribution >= 0.6 is 12.4 Å². The van der Waals surface area contributed by atoms with Crippen LogP contribution in [0, 0.1) is 0 Å². The van der Waals surface area contributed by atoms with Gasteiger partial charge in [0.05, 0.1) is 7.11 Å². The average molecular weight is 356 g/mol. The third-order valence-corrected chi connectivity index (χ3v) is 4.61. The third kappa shape index (κ3) is 5.96. The number of ether oxygens (including phenoxy) is 1. The van der Waals surface area contributed by atoms with Crippen LogP contribution in [0.3, 0.4) is 0 Å². The summed E-state index contributed by atoms with van der Waals surface area (Å²) >= 11 is 0. The second-order valence-electron chi connectivity index (χ2n) is 6.23. The molecule has 1 aliphatic heterocycles. The SMILES string of the molecule is COc1ccccc1CC(C)N(C)CCC(=O)N1CCNCC1.Cl. The van der Waals surface area contributed by atoms with E-state index in [1.165, 1.54) is 5.56 Å². The maximum absolute atomic E-state index is 12.2. The van der Waals surface area contributed by atoms with Crippen LogP contribution in [-0.4, -0.2) is 68.6 Å². The van der Waals surface area contributed by atoms with Crippen molar-refractivity contribution in [2.45, 2.75) is 25.8 Å². The average Bonchev–Trinajstić information content (AvgIpc) is 2.60. The standard InChI is InChI=1S/C18H29N3O2.ClH/c1-15(14-16-6-4-5-7-17(16)23-3)20(2)11-8-18(22)21-12-9-19-10-13-21;/h4-7,15,19H,8-14H2,1-3H3;1H. The predicted molar refractivity (Wildman–Crippen MR) is 100 cm³/mol. The van der Waals surface area contributed by atoms with Crippen molar-refractivity contribution >= 4 is 18.3 Å². The highest BCUT2D eigenvalue weighted by atomic mass is 35.5. The Labute approximate surface area is 151 Å². The fourth-order valence-corrected chi connectivity index (χ4v) is 2.91. The number of rotatable bonds is 7. The zero-order valence-electron chi connectivity index (χ0n) is 15.0. The minimum Gasteiger partial charge on any atom is -0.496 e. The molecule has 1 aromatic rings. The lowest BCUT2D eigenvalue weighted by atomic mass is 10.0. The fourth-order valence-electron chi connectivity index (χ4n) is 2.91. The van der Waals surface area contributed by atoms with Crippen molar-refractivity contribution in [3.05, 3.63) is 29.8 Å². The van der Waals surface area contributed by atoms with Crippen molar-refractivity contribution in [1.82, 2.24) is 15.1 Å². The normalized spacial score (nSPS) is 15.8. The molecule has 136 valence electrons. The molecular formula is C18H30ClN3O2. The first-order valence-electron chi connectivity index (χ1n) is 8.42. The molecule has 5 nitrogen and oxygen atoms in total. The van der Waals surface area contributed by atoms with Crippen molar-refractivity contribution in [2.24, 2.45) is 0 Å². The number of methoxy groups -OCH3 is 1. The molecule has 24 heavy (non-hydrogen) atoms. The van der Waals surface area contributed by atoms with E-state index in [4.69, 9.17) is 4.74 Å². The second kappa shape index (κ2) is 10.5. The lowest BCUT2D eigenvalue weighted by molar-refractivity contribution is -0.132. The van der Waals surface area contributed by atoms with E-state index < -0.39 is 0 Å². The molecule has 0 bridgehead atoms. The quantitative estimate of drug-likeness (QED) is 0.810. The number of amides is 1. The van der Waals surface area contributed by atoms with Gasteiger partial charge in [-0.25, -0.2) is 0 Å². The molecule has 0 saturated carbocycles. The number of carbonyl (C=O) groups is 1. The highest BCUT2D eigenvalue weighted by molar-refractivity contribution is 5.85. The van der Waals surface area contributed by atoms with Gasteiger partial charge in [-0.1, -0.05) is 18.2 Å². The van der Waals surface area contributed by atoms with Crippen molar-refractivity contribution < 1.29 is 9.53 Å². The summed E-state index contributed by atoms with van der Waals surface area (Å²) in [6.45, 7) is 6.47. The van der Waals surface area contributed by atoms with Gasteiger partial charge >= 0.3 is 0 Å². The fraction of sp³-hybridized carbons (Fsp3) is 0.611. The van der Waals surface area contributed by atoms with Gasteiger partial charge in [-0.15, -0.1) is 12.4 Å². The Morgan fingerprint density at radius 1 is 1.33 bits per heavy atom. The topological polar surface area (TPSA) is 44.8 Å². The van der Waals surface area contributed by atoms with Crippen LogP contribution in [0.15, 0.2) is 24.3 Å². The largest absolute Gasteiger partial charge is 0.496 e. The summed E-state index contributed by atoms with van der Waals surface area (Å²) in [6, 6.07) is 8.49. The number of piperazine rings is 1. The monoisotopic (exact) mass is 355 g/mol. The van der Waals surface area contributed by atoms with Crippen molar-refractivity contribution in [2.75, 3.05) is 46.9 Å². The van der Waals surface area contributed by atoms with E-state index in [1.54, 1.807) is 7.11 Å². The van der Waals surface area contributed by atoms with Crippen LogP contribution in [0.4, 0.5) is 0 Å². The molecular weight excluding hydrogens is 326 g/mol. The predicted octanol–water partition coefficient (Wildman–Crippen LogP) is 1.80. The minimum absolute atomic E-state index is 0. The summed E-state index contributed by atoms with van der Waals surface area (Å²) < 4.78 is 5.42. The van der Waals surface area contributed by atoms with E-state index in [2.05, 4.69) is 30.3 Å². The highest BCUT2D eigenvalue weighted by Crippen LogP contribution is 2.20. The molecule has 1 fully saturated rings. The van der Waals surface area contributed by atoms with Crippen molar-refractivity contribution in [3.8, 4) is 5.75 Å². The number of para-hydroxylation sites is 1. The number of likely N-dealkylation sites (N-methyl/N-ethyl adjacent to an activating group) is 1. The molecule has 6 heteroatoms. The van der Waals surface area contributed by atoms with Gasteiger partial charge in [0.1, 0.15) is 5.75 Å². The van der Waals surface area contributed by atoms with Gasteiger partial charge in [0.2, 0.25) is 5.91 Å². The third-order valence-electron chi connectivity index (χ3n) is 4.61. The zero-order valence-corrected chi connectivity index (χ0v) is 15.8. The Morgan fingerprint density at radius 2 is 2.00 bits per heavy atom. The Morgan fingerprint density at radius 3 is 2.67 bits per heavy atom. The number of carbonyl (C=O) groups excluding carboxylic acids is 1. The smallest absolute Gasteiger partial charge is 0.223 e. The number of hydrogen-bond donors (Lipinski definition) is 1. The Balaban J connectivity index is 0.00000288. The molecule has 1 unspecified atom stereocenters. The molecule has 0 spiro atoms. The molecule has 0 radical (unpaired) electrons. The van der Waals surface area contributed by atoms with Crippen molar-refractivity contribution in [1.29, 1.82) is 0 Å². The van der Waals surface area contributed by atoms with Gasteiger partial charge in [0, 0.05) is 45.2 Å². The maximum Gasteiger partial charge on any atom is 0.223 e. The Hall–Kier alpha value is -1.30. The van der Waals surface area contributed by atoms with E-state index in [-0.39, 0.29) is 18.3 Å². The molecule has 1 atom stereocenters. The number of benzene rings is 1. The van der Waals surface area contributed by atoms with Crippen LogP contribution in [0.1, 0.15) is 18.9 Å². The zero-order chi connectivity index (χ0) is 16.7. The first-order chi connectivity index (χ1) is 11.1. The van der Waals surface area contributed by atoms with Gasteiger partial charge < -0.3 is 19.9 Å². The Kier molecular flexibility index (Phi) is 9.11. The molecule has 0 aromatic heterocycles. The van der Waals surface area contributed by atoms with Crippen LogP contribution in [0.2, 0.25) is 0 Å². The van der Waals surface area contributed by atoms with Crippen LogP contribution in [0.5, 0.6) is 5.75 Å². The van der Waals surface area contributed by atoms with Crippen LogP contribution in [0.25, 0.3) is 0 Å². The summed E-state index contributed by atoms with van der Waals surface area (Å²) in [6.07, 6.45) is 1.51. The highest BCUT2D eigenvalue weighted by Gasteiger charge is 2.18. The first-order valence-corrected chi connectivity index (χ1v) is 8.42. The summed E-state index contributed by atoms with van der Waals surface area (Å²) in [5.41, 5.74) is 1.21. The summed E-state index contributed by atoms with van der Waals surface area (Å²) in [5, 5.41) is 3.27. The molecule has 1 amide bonds. The number of nitrogens with zero attached hydrogens (tertiary/aromatic N) is 2. The lowest BCUT2D eigenvalue weighted by Gasteiger charge is -2.29. The van der Waals surface area contributed by atoms with Crippen LogP contribution < -0.4 is 10.1 Å². The van der Waals surface area contributed by atoms with E-state index in [1.807, 2.05) is 23.1 Å². The second-order valence-corrected chi connectivity index (χ2v) is 6.23. The number of halogens is 1. The molecule has 1 saturated heterocycles. The molecule has 1 aliphatic rings. The first kappa shape index (κ1) is 20.7. The molecule has 1 heterocycles. The van der Waals surface area contributed by atoms with Gasteiger partial charge in [-0.2, -0.15) is 0 Å². The van der Waals surface area contributed by atoms with Crippen LogP contribution in [-0.2, 0) is 11.2 Å². The molecule has 0 aliphatic carbocycles. The van der Waals surface area contributed by atoms with Gasteiger partial charge in [-0.3, -0.25) is 4.79 Å². The van der Waals surface area contributed by atoms with E-state index >= 15 is 0 Å². The molecule has 1 aromatic carbocycles. The van der Waals surface area contributed by atoms with E-state index in [0.717, 1.165) is 44.9 Å². The van der Waals surface area contributed by atoms with Gasteiger partial charge in [0.15, 0.2) is 0 Å².